The van der Waals surface area contributed by atoms with Crippen LogP contribution in [-0.4, -0.2) is 75.4 Å². The highest BCUT2D eigenvalue weighted by Crippen LogP contribution is 2.43. The van der Waals surface area contributed by atoms with E-state index in [4.69, 9.17) is 15.5 Å². The Bertz CT molecular complexity index is 410. The van der Waals surface area contributed by atoms with Gasteiger partial charge in [-0.25, -0.2) is 4.79 Å². The quantitative estimate of drug-likeness (QED) is 0.127. The van der Waals surface area contributed by atoms with E-state index in [0.717, 1.165) is 0 Å². The van der Waals surface area contributed by atoms with E-state index in [1.54, 1.807) is 0 Å². The number of carbonyl (C=O) groups excluding carboxylic acids is 1. The third-order valence-electron chi connectivity index (χ3n) is 2.62. The molecule has 9 N–H and O–H groups in total. The summed E-state index contributed by atoms with van der Waals surface area (Å²) >= 11 is 0. The maximum Gasteiger partial charge on any atom is 0.387 e. The van der Waals surface area contributed by atoms with Crippen molar-refractivity contribution in [3.05, 3.63) is 11.5 Å². The van der Waals surface area contributed by atoms with Crippen LogP contribution in [0.3, 0.4) is 0 Å². The van der Waals surface area contributed by atoms with Crippen LogP contribution in [0.2, 0.25) is 0 Å². The van der Waals surface area contributed by atoms with E-state index >= 15 is 0 Å². The molecule has 0 amide bonds. The number of hydrogen-bond acceptors (Lipinski definition) is 11. The Morgan fingerprint density at radius 3 is 1.94 bits per heavy atom. The van der Waals surface area contributed by atoms with Crippen molar-refractivity contribution in [1.29, 1.82) is 0 Å². The molecule has 1 aliphatic rings. The Balaban J connectivity index is 3.64. The lowest BCUT2D eigenvalue weighted by molar-refractivity contribution is -0.430. The van der Waals surface area contributed by atoms with Crippen LogP contribution in [-0.2, 0) is 9.68 Å². The van der Waals surface area contributed by atoms with Crippen LogP contribution in [0.4, 0.5) is 0 Å². The fraction of sp³-hybridized carbons (Fsp3) is 0.571. The second kappa shape index (κ2) is 3.76. The molecular formula is C7H10O11. The van der Waals surface area contributed by atoms with Crippen molar-refractivity contribution < 1.29 is 55.8 Å². The summed E-state index contributed by atoms with van der Waals surface area (Å²) in [5, 5.41) is 81.9. The van der Waals surface area contributed by atoms with Gasteiger partial charge in [0.1, 0.15) is 0 Å². The predicted molar refractivity (Wildman–Crippen MR) is 46.3 cm³/mol. The molecule has 1 aliphatic carbocycles. The van der Waals surface area contributed by atoms with E-state index in [1.165, 1.54) is 0 Å². The highest BCUT2D eigenvalue weighted by molar-refractivity contribution is 5.84. The van der Waals surface area contributed by atoms with E-state index in [-0.39, 0.29) is 0 Å². The van der Waals surface area contributed by atoms with Gasteiger partial charge in [-0.05, 0) is 0 Å². The Hall–Kier alpha value is -1.47. The zero-order valence-electron chi connectivity index (χ0n) is 8.42. The second-order valence-electron chi connectivity index (χ2n) is 3.62. The SMILES string of the molecule is O=C(OO)C1(O)C(O)=C(O)C(O)C(O)(O)C1(O)O. The Kier molecular flexibility index (Phi) is 3.05. The molecule has 0 radical (unpaired) electrons. The Morgan fingerprint density at radius 1 is 1.11 bits per heavy atom. The topological polar surface area (TPSA) is 208 Å². The van der Waals surface area contributed by atoms with Crippen LogP contribution in [0, 0.1) is 0 Å². The molecule has 0 saturated carbocycles. The molecule has 1 rings (SSSR count). The third kappa shape index (κ3) is 1.34. The number of rotatable bonds is 1. The maximum atomic E-state index is 11.0. The molecule has 0 bridgehead atoms. The zero-order valence-corrected chi connectivity index (χ0v) is 8.42. The van der Waals surface area contributed by atoms with Crippen LogP contribution in [0.5, 0.6) is 0 Å². The number of aliphatic hydroxyl groups excluding tert-OH is 3. The standard InChI is InChI=1S/C7H10O11/c8-1-2(9)5(12,4(11)18-17)7(15,16)6(13,14)3(1)10/h3,8-10,12-17H. The summed E-state index contributed by atoms with van der Waals surface area (Å²) < 4.78 is 0. The summed E-state index contributed by atoms with van der Waals surface area (Å²) in [6, 6.07) is 0. The average molecular weight is 270 g/mol. The van der Waals surface area contributed by atoms with Crippen molar-refractivity contribution in [1.82, 2.24) is 0 Å². The number of aliphatic hydroxyl groups is 8. The number of carbonyl (C=O) groups is 1. The van der Waals surface area contributed by atoms with Gasteiger partial charge in [0.15, 0.2) is 17.6 Å². The van der Waals surface area contributed by atoms with Gasteiger partial charge in [0.25, 0.3) is 17.2 Å². The fourth-order valence-corrected chi connectivity index (χ4v) is 1.43. The summed E-state index contributed by atoms with van der Waals surface area (Å²) in [5.41, 5.74) is -4.05. The number of hydrogen-bond donors (Lipinski definition) is 9. The van der Waals surface area contributed by atoms with Gasteiger partial charge in [-0.3, -0.25) is 4.89 Å². The van der Waals surface area contributed by atoms with Gasteiger partial charge in [-0.2, -0.15) is 5.26 Å². The van der Waals surface area contributed by atoms with Gasteiger partial charge in [0, 0.05) is 0 Å². The van der Waals surface area contributed by atoms with E-state index in [2.05, 4.69) is 4.89 Å². The molecule has 0 aromatic carbocycles. The Labute approximate surface area is 97.6 Å². The van der Waals surface area contributed by atoms with Crippen molar-refractivity contribution in [2.24, 2.45) is 0 Å². The minimum absolute atomic E-state index is 1.74. The van der Waals surface area contributed by atoms with Gasteiger partial charge in [-0.1, -0.05) is 0 Å². The molecule has 11 nitrogen and oxygen atoms in total. The monoisotopic (exact) mass is 270 g/mol. The summed E-state index contributed by atoms with van der Waals surface area (Å²) in [6.45, 7) is 0. The minimum Gasteiger partial charge on any atom is -0.506 e. The summed E-state index contributed by atoms with van der Waals surface area (Å²) in [4.78, 5) is 14.0. The highest BCUT2D eigenvalue weighted by atomic mass is 17.1. The molecule has 0 aromatic rings. The molecule has 0 fully saturated rings. The molecular weight excluding hydrogens is 260 g/mol. The van der Waals surface area contributed by atoms with E-state index in [0.29, 0.717) is 0 Å². The minimum atomic E-state index is -4.31. The third-order valence-corrected chi connectivity index (χ3v) is 2.62. The van der Waals surface area contributed by atoms with E-state index < -0.39 is 40.8 Å². The molecule has 0 spiro atoms. The van der Waals surface area contributed by atoms with Gasteiger partial charge < -0.3 is 40.9 Å². The molecule has 0 heterocycles. The Morgan fingerprint density at radius 2 is 1.56 bits per heavy atom. The van der Waals surface area contributed by atoms with Crippen LogP contribution < -0.4 is 0 Å². The van der Waals surface area contributed by atoms with Gasteiger partial charge in [-0.15, -0.1) is 0 Å². The van der Waals surface area contributed by atoms with Crippen molar-refractivity contribution in [3.8, 4) is 0 Å². The molecule has 2 atom stereocenters. The fourth-order valence-electron chi connectivity index (χ4n) is 1.43. The van der Waals surface area contributed by atoms with Gasteiger partial charge in [0.2, 0.25) is 0 Å². The van der Waals surface area contributed by atoms with Crippen molar-refractivity contribution in [2.75, 3.05) is 0 Å². The second-order valence-corrected chi connectivity index (χ2v) is 3.62. The normalized spacial score (nSPS) is 34.3. The van der Waals surface area contributed by atoms with Crippen molar-refractivity contribution in [3.63, 3.8) is 0 Å². The van der Waals surface area contributed by atoms with Crippen LogP contribution in [0.25, 0.3) is 0 Å². The van der Waals surface area contributed by atoms with Crippen LogP contribution in [0.15, 0.2) is 11.5 Å². The summed E-state index contributed by atoms with van der Waals surface area (Å²) in [7, 11) is 0. The first-order valence-corrected chi connectivity index (χ1v) is 4.24. The molecule has 0 aliphatic heterocycles. The molecule has 104 valence electrons. The zero-order chi connectivity index (χ0) is 14.5. The van der Waals surface area contributed by atoms with Crippen molar-refractivity contribution >= 4 is 5.97 Å². The maximum absolute atomic E-state index is 11.0. The molecule has 18 heavy (non-hydrogen) atoms. The first kappa shape index (κ1) is 14.6. The predicted octanol–water partition coefficient (Wildman–Crippen LogP) is -4.20. The molecule has 0 aromatic heterocycles. The lowest BCUT2D eigenvalue weighted by atomic mass is 9.76. The van der Waals surface area contributed by atoms with Gasteiger partial charge >= 0.3 is 5.97 Å². The average Bonchev–Trinajstić information content (AvgIpc) is 2.31. The highest BCUT2D eigenvalue weighted by Gasteiger charge is 2.76. The lowest BCUT2D eigenvalue weighted by Crippen LogP contribution is -2.78. The first-order valence-electron chi connectivity index (χ1n) is 4.24. The van der Waals surface area contributed by atoms with Crippen LogP contribution >= 0.6 is 0 Å². The van der Waals surface area contributed by atoms with Gasteiger partial charge in [0.05, 0.1) is 0 Å². The molecule has 2 unspecified atom stereocenters. The smallest absolute Gasteiger partial charge is 0.387 e. The summed E-state index contributed by atoms with van der Waals surface area (Å²) in [5.74, 6) is -14.4. The lowest BCUT2D eigenvalue weighted by Gasteiger charge is -2.47. The van der Waals surface area contributed by atoms with E-state index in [1.807, 2.05) is 0 Å². The summed E-state index contributed by atoms with van der Waals surface area (Å²) in [6.07, 6.45) is -2.86. The van der Waals surface area contributed by atoms with Crippen molar-refractivity contribution in [2.45, 2.75) is 23.3 Å². The first-order chi connectivity index (χ1) is 7.96. The van der Waals surface area contributed by atoms with Crippen LogP contribution in [0.1, 0.15) is 0 Å². The van der Waals surface area contributed by atoms with E-state index in [9.17, 15) is 35.4 Å². The molecule has 11 heteroatoms. The molecule has 0 saturated heterocycles. The largest absolute Gasteiger partial charge is 0.506 e.